The molecule has 4 nitrogen and oxygen atoms in total. The van der Waals surface area contributed by atoms with Crippen LogP contribution in [0.4, 0.5) is 0 Å². The van der Waals surface area contributed by atoms with Crippen LogP contribution < -0.4 is 4.72 Å². The van der Waals surface area contributed by atoms with Gasteiger partial charge in [0, 0.05) is 10.9 Å². The quantitative estimate of drug-likeness (QED) is 0.857. The van der Waals surface area contributed by atoms with E-state index in [9.17, 15) is 13.5 Å². The third-order valence-corrected chi connectivity index (χ3v) is 5.86. The van der Waals surface area contributed by atoms with Gasteiger partial charge in [0.25, 0.3) is 0 Å². The van der Waals surface area contributed by atoms with Gasteiger partial charge >= 0.3 is 0 Å². The highest BCUT2D eigenvalue weighted by Crippen LogP contribution is 2.20. The first-order chi connectivity index (χ1) is 9.51. The second-order valence-electron chi connectivity index (χ2n) is 4.56. The molecule has 0 fully saturated rings. The Morgan fingerprint density at radius 3 is 2.45 bits per heavy atom. The average molecular weight is 311 g/mol. The molecule has 0 saturated heterocycles. The molecule has 1 aromatic carbocycles. The number of thiophene rings is 1. The lowest BCUT2D eigenvalue weighted by Gasteiger charge is -2.15. The predicted octanol–water partition coefficient (Wildman–Crippen LogP) is 1.94. The number of nitrogens with one attached hydrogen (secondary N) is 1. The third kappa shape index (κ3) is 3.89. The molecule has 0 spiro atoms. The number of hydrogen-bond donors (Lipinski definition) is 2. The first-order valence-electron chi connectivity index (χ1n) is 6.25. The zero-order chi connectivity index (χ0) is 14.6. The number of hydrogen-bond acceptors (Lipinski definition) is 4. The summed E-state index contributed by atoms with van der Waals surface area (Å²) in [7, 11) is -3.56. The van der Waals surface area contributed by atoms with Crippen molar-refractivity contribution in [2.75, 3.05) is 6.61 Å². The van der Waals surface area contributed by atoms with Crippen molar-refractivity contribution >= 4 is 21.4 Å². The summed E-state index contributed by atoms with van der Waals surface area (Å²) in [4.78, 5) is 0.939. The number of rotatable bonds is 6. The zero-order valence-corrected chi connectivity index (χ0v) is 12.7. The number of aryl methyl sites for hydroxylation is 1. The monoisotopic (exact) mass is 311 g/mol. The van der Waals surface area contributed by atoms with Crippen LogP contribution in [0, 0.1) is 6.92 Å². The van der Waals surface area contributed by atoms with E-state index >= 15 is 0 Å². The first-order valence-corrected chi connectivity index (χ1v) is 8.55. The van der Waals surface area contributed by atoms with E-state index in [-0.39, 0.29) is 10.8 Å². The molecule has 2 rings (SSSR count). The number of benzene rings is 1. The van der Waals surface area contributed by atoms with Crippen molar-refractivity contribution in [3.8, 4) is 0 Å². The van der Waals surface area contributed by atoms with Gasteiger partial charge in [0.1, 0.15) is 4.21 Å². The third-order valence-electron chi connectivity index (χ3n) is 2.85. The van der Waals surface area contributed by atoms with Gasteiger partial charge in [-0.05, 0) is 31.0 Å². The Bertz CT molecular complexity index is 650. The normalized spacial score (nSPS) is 13.3. The zero-order valence-electron chi connectivity index (χ0n) is 11.1. The molecule has 1 unspecified atom stereocenters. The maximum Gasteiger partial charge on any atom is 0.250 e. The number of sulfonamides is 1. The van der Waals surface area contributed by atoms with E-state index < -0.39 is 16.1 Å². The van der Waals surface area contributed by atoms with Gasteiger partial charge in [-0.1, -0.05) is 30.3 Å². The summed E-state index contributed by atoms with van der Waals surface area (Å²) in [5.74, 6) is 0. The molecule has 0 saturated carbocycles. The topological polar surface area (TPSA) is 66.4 Å². The second kappa shape index (κ2) is 6.49. The molecule has 6 heteroatoms. The molecule has 1 aromatic heterocycles. The highest BCUT2D eigenvalue weighted by Gasteiger charge is 2.21. The van der Waals surface area contributed by atoms with Crippen molar-refractivity contribution in [1.82, 2.24) is 4.72 Å². The largest absolute Gasteiger partial charge is 0.395 e. The Morgan fingerprint density at radius 1 is 1.20 bits per heavy atom. The Balaban J connectivity index is 2.10. The number of aliphatic hydroxyl groups excluding tert-OH is 1. The fourth-order valence-electron chi connectivity index (χ4n) is 1.88. The lowest BCUT2D eigenvalue weighted by Crippen LogP contribution is -2.38. The van der Waals surface area contributed by atoms with Crippen LogP contribution in [0.5, 0.6) is 0 Å². The molecule has 0 aliphatic rings. The molecule has 0 amide bonds. The Morgan fingerprint density at radius 2 is 1.90 bits per heavy atom. The van der Waals surface area contributed by atoms with E-state index in [4.69, 9.17) is 0 Å². The van der Waals surface area contributed by atoms with Crippen LogP contribution in [0.1, 0.15) is 10.4 Å². The molecule has 20 heavy (non-hydrogen) atoms. The molecule has 2 N–H and O–H groups in total. The van der Waals surface area contributed by atoms with Crippen molar-refractivity contribution < 1.29 is 13.5 Å². The van der Waals surface area contributed by atoms with Gasteiger partial charge in [0.05, 0.1) is 6.61 Å². The minimum Gasteiger partial charge on any atom is -0.395 e. The van der Waals surface area contributed by atoms with E-state index in [0.717, 1.165) is 10.4 Å². The smallest absolute Gasteiger partial charge is 0.250 e. The highest BCUT2D eigenvalue weighted by molar-refractivity contribution is 7.91. The van der Waals surface area contributed by atoms with Crippen LogP contribution in [0.15, 0.2) is 46.7 Å². The van der Waals surface area contributed by atoms with Crippen molar-refractivity contribution in [3.63, 3.8) is 0 Å². The minimum atomic E-state index is -3.56. The molecule has 108 valence electrons. The van der Waals surface area contributed by atoms with Crippen LogP contribution in [0.25, 0.3) is 0 Å². The molecule has 0 radical (unpaired) electrons. The van der Waals surface area contributed by atoms with Gasteiger partial charge in [0.2, 0.25) is 10.0 Å². The van der Waals surface area contributed by atoms with Gasteiger partial charge in [-0.15, -0.1) is 11.3 Å². The fraction of sp³-hybridized carbons (Fsp3) is 0.286. The second-order valence-corrected chi connectivity index (χ2v) is 7.78. The van der Waals surface area contributed by atoms with Crippen molar-refractivity contribution in [1.29, 1.82) is 0 Å². The van der Waals surface area contributed by atoms with Crippen molar-refractivity contribution in [2.45, 2.75) is 23.6 Å². The van der Waals surface area contributed by atoms with Crippen LogP contribution in [0.2, 0.25) is 0 Å². The number of aliphatic hydroxyl groups is 1. The summed E-state index contributed by atoms with van der Waals surface area (Å²) >= 11 is 1.22. The summed E-state index contributed by atoms with van der Waals surface area (Å²) in [6.07, 6.45) is 0.459. The maximum atomic E-state index is 12.2. The fourth-order valence-corrected chi connectivity index (χ4v) is 4.40. The molecule has 0 aliphatic heterocycles. The summed E-state index contributed by atoms with van der Waals surface area (Å²) in [5.41, 5.74) is 0.983. The summed E-state index contributed by atoms with van der Waals surface area (Å²) in [5, 5.41) is 9.38. The summed E-state index contributed by atoms with van der Waals surface area (Å²) in [6.45, 7) is 1.62. The molecular formula is C14H17NO3S2. The summed E-state index contributed by atoms with van der Waals surface area (Å²) in [6, 6.07) is 12.3. The van der Waals surface area contributed by atoms with Crippen LogP contribution in [-0.4, -0.2) is 26.2 Å². The van der Waals surface area contributed by atoms with Gasteiger partial charge in [-0.25, -0.2) is 13.1 Å². The lowest BCUT2D eigenvalue weighted by atomic mass is 10.1. The first kappa shape index (κ1) is 15.2. The van der Waals surface area contributed by atoms with E-state index in [0.29, 0.717) is 6.42 Å². The predicted molar refractivity (Wildman–Crippen MR) is 80.4 cm³/mol. The minimum absolute atomic E-state index is 0.238. The Kier molecular flexibility index (Phi) is 4.93. The van der Waals surface area contributed by atoms with Gasteiger partial charge < -0.3 is 5.11 Å². The maximum absolute atomic E-state index is 12.2. The summed E-state index contributed by atoms with van der Waals surface area (Å²) < 4.78 is 27.2. The van der Waals surface area contributed by atoms with E-state index in [1.54, 1.807) is 12.1 Å². The van der Waals surface area contributed by atoms with Gasteiger partial charge in [-0.2, -0.15) is 0 Å². The van der Waals surface area contributed by atoms with E-state index in [1.807, 2.05) is 37.3 Å². The average Bonchev–Trinajstić information content (AvgIpc) is 2.86. The SMILES string of the molecule is Cc1ccc(S(=O)(=O)NC(CO)Cc2ccccc2)s1. The molecule has 0 bridgehead atoms. The Labute approximate surface area is 123 Å². The Hall–Kier alpha value is -1.21. The van der Waals surface area contributed by atoms with Crippen molar-refractivity contribution in [2.24, 2.45) is 0 Å². The van der Waals surface area contributed by atoms with Crippen LogP contribution in [0.3, 0.4) is 0 Å². The standard InChI is InChI=1S/C14H17NO3S2/c1-11-7-8-14(19-11)20(17,18)15-13(10-16)9-12-5-3-2-4-6-12/h2-8,13,15-16H,9-10H2,1H3. The molecule has 1 atom stereocenters. The molecular weight excluding hydrogens is 294 g/mol. The highest BCUT2D eigenvalue weighted by atomic mass is 32.2. The van der Waals surface area contributed by atoms with Gasteiger partial charge in [-0.3, -0.25) is 0 Å². The molecule has 1 heterocycles. The molecule has 0 aliphatic carbocycles. The van der Waals surface area contributed by atoms with Crippen molar-refractivity contribution in [3.05, 3.63) is 52.9 Å². The van der Waals surface area contributed by atoms with Crippen LogP contribution in [-0.2, 0) is 16.4 Å². The molecule has 2 aromatic rings. The van der Waals surface area contributed by atoms with Crippen LogP contribution >= 0.6 is 11.3 Å². The van der Waals surface area contributed by atoms with Gasteiger partial charge in [0.15, 0.2) is 0 Å². The van der Waals surface area contributed by atoms with E-state index in [1.165, 1.54) is 11.3 Å². The lowest BCUT2D eigenvalue weighted by molar-refractivity contribution is 0.256. The van der Waals surface area contributed by atoms with E-state index in [2.05, 4.69) is 4.72 Å².